The molecule has 0 saturated heterocycles. The summed E-state index contributed by atoms with van der Waals surface area (Å²) in [6, 6.07) is 2.58. The number of carbonyl (C=O) groups excluding carboxylic acids is 1. The molecule has 0 radical (unpaired) electrons. The van der Waals surface area contributed by atoms with E-state index in [4.69, 9.17) is 9.84 Å². The molecule has 0 aromatic heterocycles. The van der Waals surface area contributed by atoms with Gasteiger partial charge in [0.15, 0.2) is 0 Å². The number of benzene rings is 1. The van der Waals surface area contributed by atoms with Gasteiger partial charge in [-0.1, -0.05) is 0 Å². The quantitative estimate of drug-likeness (QED) is 0.597. The van der Waals surface area contributed by atoms with Gasteiger partial charge < -0.3 is 15.2 Å². The summed E-state index contributed by atoms with van der Waals surface area (Å²) in [7, 11) is 0. The number of nitrogens with zero attached hydrogens (tertiary/aromatic N) is 1. The van der Waals surface area contributed by atoms with Crippen LogP contribution in [0, 0.1) is 10.1 Å². The summed E-state index contributed by atoms with van der Waals surface area (Å²) in [6.07, 6.45) is 0. The van der Waals surface area contributed by atoms with Crippen LogP contribution in [0.1, 0.15) is 24.2 Å². The smallest absolute Gasteiger partial charge is 0.325 e. The van der Waals surface area contributed by atoms with E-state index in [0.29, 0.717) is 12.4 Å². The normalized spacial score (nSPS) is 11.5. The number of carboxylic acids is 1. The molecule has 0 bridgehead atoms. The molecule has 1 atom stereocenters. The monoisotopic (exact) mass is 282 g/mol. The lowest BCUT2D eigenvalue weighted by molar-refractivity contribution is -0.385. The zero-order valence-corrected chi connectivity index (χ0v) is 11.0. The Morgan fingerprint density at radius 3 is 2.65 bits per heavy atom. The van der Waals surface area contributed by atoms with E-state index in [1.807, 2.05) is 0 Å². The maximum atomic E-state index is 11.9. The number of nitro groups is 1. The van der Waals surface area contributed by atoms with Crippen molar-refractivity contribution in [3.8, 4) is 5.75 Å². The maximum absolute atomic E-state index is 11.9. The molecule has 1 unspecified atom stereocenters. The first kappa shape index (κ1) is 15.4. The van der Waals surface area contributed by atoms with Gasteiger partial charge >= 0.3 is 5.97 Å². The number of nitro benzene ring substituents is 1. The van der Waals surface area contributed by atoms with Crippen LogP contribution in [0.3, 0.4) is 0 Å². The van der Waals surface area contributed by atoms with E-state index >= 15 is 0 Å². The van der Waals surface area contributed by atoms with Gasteiger partial charge in [0.2, 0.25) is 0 Å². The van der Waals surface area contributed by atoms with Crippen molar-refractivity contribution in [3.63, 3.8) is 0 Å². The Balaban J connectivity index is 3.11. The van der Waals surface area contributed by atoms with Crippen LogP contribution in [0.25, 0.3) is 0 Å². The lowest BCUT2D eigenvalue weighted by atomic mass is 10.1. The predicted molar refractivity (Wildman–Crippen MR) is 68.8 cm³/mol. The van der Waals surface area contributed by atoms with Crippen molar-refractivity contribution < 1.29 is 24.4 Å². The fourth-order valence-corrected chi connectivity index (χ4v) is 1.45. The molecule has 0 aliphatic rings. The molecule has 1 aromatic carbocycles. The number of aliphatic carboxylic acids is 1. The van der Waals surface area contributed by atoms with Gasteiger partial charge in [-0.25, -0.2) is 0 Å². The average Bonchev–Trinajstić information content (AvgIpc) is 2.38. The highest BCUT2D eigenvalue weighted by atomic mass is 16.6. The molecule has 1 aromatic rings. The lowest BCUT2D eigenvalue weighted by Gasteiger charge is -2.10. The number of amides is 1. The molecule has 0 saturated carbocycles. The van der Waals surface area contributed by atoms with E-state index in [2.05, 4.69) is 5.32 Å². The highest BCUT2D eigenvalue weighted by Gasteiger charge is 2.23. The van der Waals surface area contributed by atoms with Gasteiger partial charge in [-0.05, 0) is 26.0 Å². The van der Waals surface area contributed by atoms with Crippen LogP contribution in [0.15, 0.2) is 18.2 Å². The van der Waals surface area contributed by atoms with Gasteiger partial charge in [-0.2, -0.15) is 0 Å². The van der Waals surface area contributed by atoms with Crippen molar-refractivity contribution in [2.24, 2.45) is 0 Å². The molecule has 108 valence electrons. The molecule has 1 rings (SSSR count). The van der Waals surface area contributed by atoms with Crippen molar-refractivity contribution >= 4 is 17.6 Å². The molecule has 8 nitrogen and oxygen atoms in total. The topological polar surface area (TPSA) is 119 Å². The summed E-state index contributed by atoms with van der Waals surface area (Å²) >= 11 is 0. The zero-order chi connectivity index (χ0) is 15.3. The van der Waals surface area contributed by atoms with Crippen LogP contribution in [0.4, 0.5) is 5.69 Å². The van der Waals surface area contributed by atoms with Crippen LogP contribution in [0.2, 0.25) is 0 Å². The largest absolute Gasteiger partial charge is 0.494 e. The van der Waals surface area contributed by atoms with Gasteiger partial charge in [0.05, 0.1) is 11.5 Å². The van der Waals surface area contributed by atoms with Crippen LogP contribution >= 0.6 is 0 Å². The van der Waals surface area contributed by atoms with E-state index in [-0.39, 0.29) is 5.56 Å². The summed E-state index contributed by atoms with van der Waals surface area (Å²) in [4.78, 5) is 32.8. The molecule has 20 heavy (non-hydrogen) atoms. The number of hydrogen-bond acceptors (Lipinski definition) is 5. The first-order valence-electron chi connectivity index (χ1n) is 5.81. The maximum Gasteiger partial charge on any atom is 0.325 e. The van der Waals surface area contributed by atoms with E-state index in [9.17, 15) is 19.7 Å². The third-order valence-electron chi connectivity index (χ3n) is 2.44. The molecule has 0 spiro atoms. The molecule has 1 amide bonds. The Bertz CT molecular complexity index is 543. The summed E-state index contributed by atoms with van der Waals surface area (Å²) in [5.74, 6) is -1.78. The van der Waals surface area contributed by atoms with Crippen LogP contribution in [-0.2, 0) is 4.79 Å². The summed E-state index contributed by atoms with van der Waals surface area (Å²) in [5.41, 5.74) is -0.655. The van der Waals surface area contributed by atoms with Gasteiger partial charge in [0, 0.05) is 6.07 Å². The van der Waals surface area contributed by atoms with E-state index in [1.165, 1.54) is 19.1 Å². The van der Waals surface area contributed by atoms with Crippen LogP contribution in [-0.4, -0.2) is 34.6 Å². The average molecular weight is 282 g/mol. The van der Waals surface area contributed by atoms with Crippen molar-refractivity contribution in [2.75, 3.05) is 6.61 Å². The minimum absolute atomic E-state index is 0.242. The lowest BCUT2D eigenvalue weighted by Crippen LogP contribution is -2.38. The first-order chi connectivity index (χ1) is 9.36. The van der Waals surface area contributed by atoms with E-state index < -0.39 is 28.5 Å². The number of hydrogen-bond donors (Lipinski definition) is 2. The molecule has 2 N–H and O–H groups in total. The van der Waals surface area contributed by atoms with E-state index in [0.717, 1.165) is 6.07 Å². The molecule has 0 fully saturated rings. The standard InChI is InChI=1S/C12H14N2O6/c1-3-20-8-4-5-10(14(18)19)9(6-8)11(15)13-7(2)12(16)17/h4-7H,3H2,1-2H3,(H,13,15)(H,16,17). The van der Waals surface area contributed by atoms with Crippen LogP contribution < -0.4 is 10.1 Å². The Morgan fingerprint density at radius 2 is 2.15 bits per heavy atom. The summed E-state index contributed by atoms with van der Waals surface area (Å²) in [6.45, 7) is 3.33. The van der Waals surface area contributed by atoms with Gasteiger partial charge in [-0.15, -0.1) is 0 Å². The second kappa shape index (κ2) is 6.50. The van der Waals surface area contributed by atoms with Crippen molar-refractivity contribution in [1.29, 1.82) is 0 Å². The predicted octanol–water partition coefficient (Wildman–Crippen LogP) is 1.20. The minimum atomic E-state index is -1.23. The zero-order valence-electron chi connectivity index (χ0n) is 11.0. The van der Waals surface area contributed by atoms with Gasteiger partial charge in [0.1, 0.15) is 17.4 Å². The highest BCUT2D eigenvalue weighted by molar-refractivity contribution is 6.00. The third kappa shape index (κ3) is 3.67. The molecule has 8 heteroatoms. The van der Waals surface area contributed by atoms with Gasteiger partial charge in [0.25, 0.3) is 11.6 Å². The Labute approximate surface area is 114 Å². The number of carboxylic acid groups (broad SMARTS) is 1. The molecule has 0 heterocycles. The van der Waals surface area contributed by atoms with Crippen LogP contribution in [0.5, 0.6) is 5.75 Å². The molecular formula is C12H14N2O6. The number of rotatable bonds is 6. The summed E-state index contributed by atoms with van der Waals surface area (Å²) < 4.78 is 5.16. The number of nitrogens with one attached hydrogen (secondary N) is 1. The molecule has 0 aliphatic carbocycles. The minimum Gasteiger partial charge on any atom is -0.494 e. The number of ether oxygens (including phenoxy) is 1. The summed E-state index contributed by atoms with van der Waals surface area (Å²) in [5, 5.41) is 21.8. The second-order valence-corrected chi connectivity index (χ2v) is 3.90. The van der Waals surface area contributed by atoms with Crippen molar-refractivity contribution in [3.05, 3.63) is 33.9 Å². The molecular weight excluding hydrogens is 268 g/mol. The van der Waals surface area contributed by atoms with E-state index in [1.54, 1.807) is 6.92 Å². The SMILES string of the molecule is CCOc1ccc([N+](=O)[O-])c(C(=O)NC(C)C(=O)O)c1. The Hall–Kier alpha value is -2.64. The highest BCUT2D eigenvalue weighted by Crippen LogP contribution is 2.24. The fourth-order valence-electron chi connectivity index (χ4n) is 1.45. The Kier molecular flexibility index (Phi) is 5.01. The van der Waals surface area contributed by atoms with Crippen molar-refractivity contribution in [2.45, 2.75) is 19.9 Å². The molecule has 0 aliphatic heterocycles. The first-order valence-corrected chi connectivity index (χ1v) is 5.81. The third-order valence-corrected chi connectivity index (χ3v) is 2.44. The fraction of sp³-hybridized carbons (Fsp3) is 0.333. The van der Waals surface area contributed by atoms with Crippen molar-refractivity contribution in [1.82, 2.24) is 5.32 Å². The Morgan fingerprint density at radius 1 is 1.50 bits per heavy atom. The number of carbonyl (C=O) groups is 2. The van der Waals surface area contributed by atoms with Gasteiger partial charge in [-0.3, -0.25) is 19.7 Å². The second-order valence-electron chi connectivity index (χ2n) is 3.90.